The van der Waals surface area contributed by atoms with Crippen LogP contribution in [0.2, 0.25) is 0 Å². The molecule has 1 heterocycles. The van der Waals surface area contributed by atoms with Gasteiger partial charge in [-0.1, -0.05) is 18.9 Å². The van der Waals surface area contributed by atoms with Crippen molar-refractivity contribution in [2.24, 2.45) is 0 Å². The fourth-order valence-corrected chi connectivity index (χ4v) is 3.66. The lowest BCUT2D eigenvalue weighted by Crippen LogP contribution is -2.58. The number of alkyl halides is 3. The number of hydrogen-bond acceptors (Lipinski definition) is 2. The van der Waals surface area contributed by atoms with Gasteiger partial charge in [0.1, 0.15) is 5.54 Å². The lowest BCUT2D eigenvalue weighted by molar-refractivity contribution is -0.137. The molecule has 3 nitrogen and oxygen atoms in total. The average Bonchev–Trinajstić information content (AvgIpc) is 2.89. The van der Waals surface area contributed by atoms with Gasteiger partial charge in [-0.2, -0.15) is 13.2 Å². The Balaban J connectivity index is 2.21. The van der Waals surface area contributed by atoms with E-state index in [1.54, 1.807) is 11.8 Å². The number of likely N-dealkylation sites (N-methyl/N-ethyl adjacent to an activating group) is 1. The molecule has 1 aromatic rings. The molecule has 0 bridgehead atoms. The number of rotatable bonds is 1. The summed E-state index contributed by atoms with van der Waals surface area (Å²) in [7, 11) is 0. The highest BCUT2D eigenvalue weighted by atomic mass is 19.4. The lowest BCUT2D eigenvalue weighted by atomic mass is 9.89. The molecular formula is C15H17F3N2O. The van der Waals surface area contributed by atoms with Crippen molar-refractivity contribution in [3.63, 3.8) is 0 Å². The first-order chi connectivity index (χ1) is 9.90. The van der Waals surface area contributed by atoms with Gasteiger partial charge in [0.25, 0.3) is 0 Å². The van der Waals surface area contributed by atoms with Crippen LogP contribution in [-0.4, -0.2) is 18.0 Å². The molecular weight excluding hydrogens is 281 g/mol. The predicted octanol–water partition coefficient (Wildman–Crippen LogP) is 3.80. The second kappa shape index (κ2) is 4.64. The molecule has 0 atom stereocenters. The number of nitrogens with zero attached hydrogens (tertiary/aromatic N) is 1. The van der Waals surface area contributed by atoms with E-state index in [9.17, 15) is 18.0 Å². The SMILES string of the molecule is CCN1c2c(cccc2C(F)(F)F)NC(=O)C12CCCC2. The molecule has 1 aliphatic carbocycles. The van der Waals surface area contributed by atoms with Crippen LogP contribution in [0.4, 0.5) is 24.5 Å². The van der Waals surface area contributed by atoms with Crippen molar-refractivity contribution >= 4 is 17.3 Å². The number of hydrogen-bond donors (Lipinski definition) is 1. The van der Waals surface area contributed by atoms with Gasteiger partial charge in [-0.05, 0) is 31.9 Å². The van der Waals surface area contributed by atoms with Crippen LogP contribution >= 0.6 is 0 Å². The Labute approximate surface area is 121 Å². The van der Waals surface area contributed by atoms with E-state index in [-0.39, 0.29) is 17.3 Å². The van der Waals surface area contributed by atoms with Crippen molar-refractivity contribution in [1.82, 2.24) is 0 Å². The number of anilines is 2. The van der Waals surface area contributed by atoms with Crippen LogP contribution in [0, 0.1) is 0 Å². The van der Waals surface area contributed by atoms with Gasteiger partial charge in [0.05, 0.1) is 16.9 Å². The third kappa shape index (κ3) is 2.00. The number of carbonyl (C=O) groups is 1. The highest BCUT2D eigenvalue weighted by Crippen LogP contribution is 2.49. The van der Waals surface area contributed by atoms with Gasteiger partial charge < -0.3 is 10.2 Å². The zero-order valence-corrected chi connectivity index (χ0v) is 11.8. The van der Waals surface area contributed by atoms with Gasteiger partial charge in [-0.25, -0.2) is 0 Å². The molecule has 1 amide bonds. The number of halogens is 3. The van der Waals surface area contributed by atoms with Crippen LogP contribution in [0.25, 0.3) is 0 Å². The van der Waals surface area contributed by atoms with Crippen LogP contribution in [-0.2, 0) is 11.0 Å². The van der Waals surface area contributed by atoms with Gasteiger partial charge in [0.15, 0.2) is 0 Å². The number of fused-ring (bicyclic) bond motifs is 1. The molecule has 21 heavy (non-hydrogen) atoms. The molecule has 0 radical (unpaired) electrons. The Morgan fingerprint density at radius 1 is 1.29 bits per heavy atom. The summed E-state index contributed by atoms with van der Waals surface area (Å²) in [5.74, 6) is -0.173. The van der Waals surface area contributed by atoms with E-state index in [4.69, 9.17) is 0 Å². The molecule has 1 saturated carbocycles. The van der Waals surface area contributed by atoms with Gasteiger partial charge in [0, 0.05) is 6.54 Å². The van der Waals surface area contributed by atoms with Crippen LogP contribution in [0.3, 0.4) is 0 Å². The Bertz CT molecular complexity index is 577. The molecule has 6 heteroatoms. The van der Waals surface area contributed by atoms with Crippen molar-refractivity contribution in [1.29, 1.82) is 0 Å². The van der Waals surface area contributed by atoms with E-state index in [1.807, 2.05) is 0 Å². The van der Waals surface area contributed by atoms with Crippen molar-refractivity contribution < 1.29 is 18.0 Å². The quantitative estimate of drug-likeness (QED) is 0.855. The first-order valence-electron chi connectivity index (χ1n) is 7.19. The van der Waals surface area contributed by atoms with Crippen LogP contribution in [0.1, 0.15) is 38.2 Å². The highest BCUT2D eigenvalue weighted by molar-refractivity contribution is 6.07. The number of para-hydroxylation sites is 1. The normalized spacial score (nSPS) is 20.6. The van der Waals surface area contributed by atoms with Crippen molar-refractivity contribution in [2.75, 3.05) is 16.8 Å². The molecule has 3 rings (SSSR count). The molecule has 1 fully saturated rings. The fourth-order valence-electron chi connectivity index (χ4n) is 3.66. The summed E-state index contributed by atoms with van der Waals surface area (Å²) in [5.41, 5.74) is -1.11. The Morgan fingerprint density at radius 3 is 2.52 bits per heavy atom. The second-order valence-corrected chi connectivity index (χ2v) is 5.64. The van der Waals surface area contributed by atoms with Crippen molar-refractivity contribution in [2.45, 2.75) is 44.3 Å². The lowest BCUT2D eigenvalue weighted by Gasteiger charge is -2.46. The fraction of sp³-hybridized carbons (Fsp3) is 0.533. The van der Waals surface area contributed by atoms with E-state index in [1.165, 1.54) is 12.1 Å². The zero-order chi connectivity index (χ0) is 15.3. The van der Waals surface area contributed by atoms with Gasteiger partial charge in [-0.3, -0.25) is 4.79 Å². The zero-order valence-electron chi connectivity index (χ0n) is 11.8. The summed E-state index contributed by atoms with van der Waals surface area (Å²) in [6.45, 7) is 2.18. The third-order valence-corrected chi connectivity index (χ3v) is 4.55. The Morgan fingerprint density at radius 2 is 1.95 bits per heavy atom. The molecule has 1 aliphatic heterocycles. The average molecular weight is 298 g/mol. The minimum absolute atomic E-state index is 0.119. The van der Waals surface area contributed by atoms with Gasteiger partial charge in [-0.15, -0.1) is 0 Å². The van der Waals surface area contributed by atoms with Crippen LogP contribution in [0.5, 0.6) is 0 Å². The largest absolute Gasteiger partial charge is 0.418 e. The van der Waals surface area contributed by atoms with Gasteiger partial charge >= 0.3 is 6.18 Å². The van der Waals surface area contributed by atoms with E-state index in [2.05, 4.69) is 5.32 Å². The number of amides is 1. The van der Waals surface area contributed by atoms with Crippen molar-refractivity contribution in [3.8, 4) is 0 Å². The van der Waals surface area contributed by atoms with Gasteiger partial charge in [0.2, 0.25) is 5.91 Å². The smallest absolute Gasteiger partial charge is 0.355 e. The van der Waals surface area contributed by atoms with E-state index in [0.29, 0.717) is 19.4 Å². The van der Waals surface area contributed by atoms with Crippen LogP contribution in [0.15, 0.2) is 18.2 Å². The van der Waals surface area contributed by atoms with Crippen molar-refractivity contribution in [3.05, 3.63) is 23.8 Å². The predicted molar refractivity (Wildman–Crippen MR) is 74.3 cm³/mol. The van der Waals surface area contributed by atoms with E-state index in [0.717, 1.165) is 18.9 Å². The molecule has 2 aliphatic rings. The number of nitrogens with one attached hydrogen (secondary N) is 1. The molecule has 0 saturated heterocycles. The second-order valence-electron chi connectivity index (χ2n) is 5.64. The molecule has 1 aromatic carbocycles. The molecule has 0 unspecified atom stereocenters. The summed E-state index contributed by atoms with van der Waals surface area (Å²) in [6.07, 6.45) is -1.47. The summed E-state index contributed by atoms with van der Waals surface area (Å²) in [5, 5.41) is 2.69. The maximum atomic E-state index is 13.3. The minimum atomic E-state index is -4.43. The van der Waals surface area contributed by atoms with E-state index < -0.39 is 17.3 Å². The summed E-state index contributed by atoms with van der Waals surface area (Å²) >= 11 is 0. The molecule has 114 valence electrons. The number of benzene rings is 1. The van der Waals surface area contributed by atoms with E-state index >= 15 is 0 Å². The molecule has 0 aromatic heterocycles. The molecule has 1 spiro atoms. The maximum absolute atomic E-state index is 13.3. The maximum Gasteiger partial charge on any atom is 0.418 e. The Kier molecular flexibility index (Phi) is 3.15. The third-order valence-electron chi connectivity index (χ3n) is 4.55. The number of carbonyl (C=O) groups excluding carboxylic acids is 1. The summed E-state index contributed by atoms with van der Waals surface area (Å²) < 4.78 is 40.0. The molecule has 1 N–H and O–H groups in total. The summed E-state index contributed by atoms with van der Waals surface area (Å²) in [4.78, 5) is 14.1. The standard InChI is InChI=1S/C15H17F3N2O/c1-2-20-12-10(15(16,17)18)6-5-7-11(12)19-13(21)14(20)8-3-4-9-14/h5-7H,2-4,8-9H2,1H3,(H,19,21). The minimum Gasteiger partial charge on any atom is -0.355 e. The highest BCUT2D eigenvalue weighted by Gasteiger charge is 2.51. The first kappa shape index (κ1) is 14.2. The van der Waals surface area contributed by atoms with Crippen LogP contribution < -0.4 is 10.2 Å². The Hall–Kier alpha value is -1.72. The summed E-state index contributed by atoms with van der Waals surface area (Å²) in [6, 6.07) is 3.96. The topological polar surface area (TPSA) is 32.3 Å². The monoisotopic (exact) mass is 298 g/mol. The first-order valence-corrected chi connectivity index (χ1v) is 7.19.